The number of amides is 1. The van der Waals surface area contributed by atoms with Gasteiger partial charge in [0.05, 0.1) is 15.2 Å². The van der Waals surface area contributed by atoms with Crippen molar-refractivity contribution < 1.29 is 14.3 Å². The van der Waals surface area contributed by atoms with Gasteiger partial charge in [0.15, 0.2) is 5.58 Å². The first-order valence-corrected chi connectivity index (χ1v) is 8.73. The maximum Gasteiger partial charge on any atom is 0.412 e. The highest BCUT2D eigenvalue weighted by Gasteiger charge is 2.27. The molecule has 0 saturated carbocycles. The third-order valence-corrected chi connectivity index (χ3v) is 4.65. The predicted octanol–water partition coefficient (Wildman–Crippen LogP) is 4.96. The molecule has 0 saturated heterocycles. The number of hydrogen-bond donors (Lipinski definition) is 2. The van der Waals surface area contributed by atoms with Gasteiger partial charge in [-0.2, -0.15) is 0 Å². The number of rotatable bonds is 2. The van der Waals surface area contributed by atoms with Gasteiger partial charge in [0.1, 0.15) is 5.82 Å². The van der Waals surface area contributed by atoms with Crippen LogP contribution in [-0.2, 0) is 0 Å². The summed E-state index contributed by atoms with van der Waals surface area (Å²) in [5.74, 6) is 0.407. The van der Waals surface area contributed by atoms with Crippen LogP contribution in [-0.4, -0.2) is 21.7 Å². The highest BCUT2D eigenvalue weighted by molar-refractivity contribution is 14.1. The van der Waals surface area contributed by atoms with E-state index in [0.29, 0.717) is 17.1 Å². The summed E-state index contributed by atoms with van der Waals surface area (Å²) in [6.07, 6.45) is 2.33. The lowest BCUT2D eigenvalue weighted by Crippen LogP contribution is -2.45. The Labute approximate surface area is 158 Å². The number of benzene rings is 1. The van der Waals surface area contributed by atoms with E-state index in [-0.39, 0.29) is 0 Å². The van der Waals surface area contributed by atoms with E-state index in [0.717, 1.165) is 20.1 Å². The van der Waals surface area contributed by atoms with Gasteiger partial charge in [-0.15, -0.1) is 0 Å². The van der Waals surface area contributed by atoms with E-state index in [4.69, 9.17) is 10.2 Å². The molecule has 3 aromatic rings. The molecule has 3 rings (SSSR count). The second-order valence-electron chi connectivity index (χ2n) is 6.68. The maximum absolute atomic E-state index is 11.6. The molecule has 0 bridgehead atoms. The Balaban J connectivity index is 2.07. The van der Waals surface area contributed by atoms with Crippen molar-refractivity contribution in [1.29, 1.82) is 0 Å². The fourth-order valence-corrected chi connectivity index (χ4v) is 3.36. The highest BCUT2D eigenvalue weighted by Crippen LogP contribution is 2.36. The molecule has 1 amide bonds. The van der Waals surface area contributed by atoms with E-state index in [9.17, 15) is 9.90 Å². The van der Waals surface area contributed by atoms with Crippen LogP contribution in [0.2, 0.25) is 0 Å². The molecule has 0 spiro atoms. The van der Waals surface area contributed by atoms with Gasteiger partial charge in [-0.1, -0.05) is 12.1 Å². The minimum Gasteiger partial charge on any atom is -0.465 e. The second-order valence-corrected chi connectivity index (χ2v) is 7.84. The predicted molar refractivity (Wildman–Crippen MR) is 107 cm³/mol. The first-order chi connectivity index (χ1) is 11.7. The average molecular weight is 451 g/mol. The number of fused-ring (bicyclic) bond motifs is 1. The van der Waals surface area contributed by atoms with E-state index in [1.807, 2.05) is 32.9 Å². The molecule has 25 heavy (non-hydrogen) atoms. The lowest BCUT2D eigenvalue weighted by molar-refractivity contribution is 0.195. The van der Waals surface area contributed by atoms with Crippen LogP contribution in [0.1, 0.15) is 20.8 Å². The van der Waals surface area contributed by atoms with Crippen molar-refractivity contribution in [1.82, 2.24) is 4.98 Å². The number of carboxylic acid groups (broad SMARTS) is 1. The van der Waals surface area contributed by atoms with Crippen LogP contribution < -0.4 is 10.6 Å². The molecule has 6 nitrogen and oxygen atoms in total. The molecule has 2 aromatic heterocycles. The van der Waals surface area contributed by atoms with Crippen LogP contribution in [0.15, 0.2) is 41.1 Å². The lowest BCUT2D eigenvalue weighted by Gasteiger charge is -2.33. The third-order valence-electron chi connectivity index (χ3n) is 3.88. The summed E-state index contributed by atoms with van der Waals surface area (Å²) in [6, 6.07) is 7.29. The van der Waals surface area contributed by atoms with Gasteiger partial charge in [-0.25, -0.2) is 9.78 Å². The molecule has 0 atom stereocenters. The van der Waals surface area contributed by atoms with E-state index in [2.05, 4.69) is 27.6 Å². The first-order valence-electron chi connectivity index (χ1n) is 7.65. The third kappa shape index (κ3) is 3.15. The summed E-state index contributed by atoms with van der Waals surface area (Å²) in [5, 5.41) is 10.3. The van der Waals surface area contributed by atoms with Gasteiger partial charge in [-0.3, -0.25) is 4.90 Å². The molecule has 3 N–H and O–H groups in total. The molecule has 1 aromatic carbocycles. The number of nitrogens with two attached hydrogens (primary N) is 1. The molecular weight excluding hydrogens is 433 g/mol. The summed E-state index contributed by atoms with van der Waals surface area (Å²) < 4.78 is 6.54. The Morgan fingerprint density at radius 2 is 1.92 bits per heavy atom. The fourth-order valence-electron chi connectivity index (χ4n) is 2.82. The number of pyridine rings is 1. The standard InChI is InChI=1S/C18H18IN3O3/c1-18(2,3)22(17(23)24)11-6-4-10(5-7-11)12-9-25-15-13(19)8-21-16(20)14(12)15/h4-9H,1-3H3,(H2,20,21)(H,23,24). The van der Waals surface area contributed by atoms with Crippen LogP contribution in [0.5, 0.6) is 0 Å². The highest BCUT2D eigenvalue weighted by atomic mass is 127. The Bertz CT molecular complexity index is 943. The zero-order valence-corrected chi connectivity index (χ0v) is 16.2. The van der Waals surface area contributed by atoms with Gasteiger partial charge in [-0.05, 0) is 61.1 Å². The number of furan rings is 1. The zero-order valence-electron chi connectivity index (χ0n) is 14.1. The largest absolute Gasteiger partial charge is 0.465 e. The van der Waals surface area contributed by atoms with Crippen LogP contribution in [0.4, 0.5) is 16.3 Å². The summed E-state index contributed by atoms with van der Waals surface area (Å²) in [4.78, 5) is 17.1. The van der Waals surface area contributed by atoms with Crippen LogP contribution >= 0.6 is 22.6 Å². The Hall–Kier alpha value is -2.29. The van der Waals surface area contributed by atoms with Crippen LogP contribution in [0, 0.1) is 3.57 Å². The van der Waals surface area contributed by atoms with Gasteiger partial charge in [0.2, 0.25) is 0 Å². The molecule has 0 aliphatic carbocycles. The average Bonchev–Trinajstić information content (AvgIpc) is 2.96. The SMILES string of the molecule is CC(C)(C)N(C(=O)O)c1ccc(-c2coc3c(I)cnc(N)c23)cc1. The van der Waals surface area contributed by atoms with Crippen molar-refractivity contribution in [3.05, 3.63) is 40.3 Å². The van der Waals surface area contributed by atoms with Crippen molar-refractivity contribution in [3.63, 3.8) is 0 Å². The van der Waals surface area contributed by atoms with E-state index in [1.54, 1.807) is 24.6 Å². The Kier molecular flexibility index (Phi) is 4.36. The molecule has 2 heterocycles. The van der Waals surface area contributed by atoms with Crippen LogP contribution in [0.3, 0.4) is 0 Å². The van der Waals surface area contributed by atoms with Crippen molar-refractivity contribution in [2.45, 2.75) is 26.3 Å². The molecule has 0 aliphatic rings. The molecule has 0 radical (unpaired) electrons. The number of halogens is 1. The fraction of sp³-hybridized carbons (Fsp3) is 0.222. The summed E-state index contributed by atoms with van der Waals surface area (Å²) in [5.41, 5.74) is 8.51. The number of anilines is 2. The van der Waals surface area contributed by atoms with Gasteiger partial charge in [0, 0.05) is 23.0 Å². The monoisotopic (exact) mass is 451 g/mol. The lowest BCUT2D eigenvalue weighted by atomic mass is 10.0. The number of aromatic nitrogens is 1. The zero-order chi connectivity index (χ0) is 18.4. The van der Waals surface area contributed by atoms with Crippen molar-refractivity contribution in [2.24, 2.45) is 0 Å². The van der Waals surface area contributed by atoms with Crippen LogP contribution in [0.25, 0.3) is 22.1 Å². The topological polar surface area (TPSA) is 92.6 Å². The van der Waals surface area contributed by atoms with E-state index in [1.165, 1.54) is 4.90 Å². The smallest absolute Gasteiger partial charge is 0.412 e. The minimum atomic E-state index is -0.989. The summed E-state index contributed by atoms with van der Waals surface area (Å²) in [7, 11) is 0. The molecular formula is C18H18IN3O3. The Morgan fingerprint density at radius 1 is 1.28 bits per heavy atom. The summed E-state index contributed by atoms with van der Waals surface area (Å²) >= 11 is 2.15. The molecule has 0 aliphatic heterocycles. The van der Waals surface area contributed by atoms with Gasteiger partial charge < -0.3 is 15.3 Å². The molecule has 0 fully saturated rings. The number of hydrogen-bond acceptors (Lipinski definition) is 4. The molecule has 130 valence electrons. The first kappa shape index (κ1) is 17.5. The normalized spacial score (nSPS) is 11.7. The Morgan fingerprint density at radius 3 is 2.48 bits per heavy atom. The number of carbonyl (C=O) groups is 1. The molecule has 7 heteroatoms. The number of nitrogens with zero attached hydrogens (tertiary/aromatic N) is 2. The maximum atomic E-state index is 11.6. The second kappa shape index (κ2) is 6.21. The van der Waals surface area contributed by atoms with Gasteiger partial charge >= 0.3 is 6.09 Å². The number of nitrogen functional groups attached to an aromatic ring is 1. The van der Waals surface area contributed by atoms with E-state index >= 15 is 0 Å². The van der Waals surface area contributed by atoms with Crippen molar-refractivity contribution in [2.75, 3.05) is 10.6 Å². The molecule has 0 unspecified atom stereocenters. The summed E-state index contributed by atoms with van der Waals surface area (Å²) in [6.45, 7) is 5.56. The van der Waals surface area contributed by atoms with Gasteiger partial charge in [0.25, 0.3) is 0 Å². The van der Waals surface area contributed by atoms with Crippen molar-refractivity contribution in [3.8, 4) is 11.1 Å². The quantitative estimate of drug-likeness (QED) is 0.537. The minimum absolute atomic E-state index is 0.407. The van der Waals surface area contributed by atoms with E-state index < -0.39 is 11.6 Å². The van der Waals surface area contributed by atoms with Crippen molar-refractivity contribution >= 4 is 51.2 Å².